The average Bonchev–Trinajstić information content (AvgIpc) is 3.11. The number of nitrogens with one attached hydrogen (secondary N) is 2. The van der Waals surface area contributed by atoms with Gasteiger partial charge in [0.2, 0.25) is 0 Å². The van der Waals surface area contributed by atoms with Crippen molar-refractivity contribution in [1.29, 1.82) is 0 Å². The van der Waals surface area contributed by atoms with Crippen LogP contribution in [0.5, 0.6) is 0 Å². The molecule has 0 spiro atoms. The second-order valence-corrected chi connectivity index (χ2v) is 5.65. The third-order valence-electron chi connectivity index (χ3n) is 3.71. The summed E-state index contributed by atoms with van der Waals surface area (Å²) in [7, 11) is 0. The van der Waals surface area contributed by atoms with Gasteiger partial charge in [-0.3, -0.25) is 4.79 Å². The highest BCUT2D eigenvalue weighted by atomic mass is 16.8. The molecule has 1 atom stereocenters. The first-order valence-electron chi connectivity index (χ1n) is 7.86. The number of aryl methyl sites for hydroxylation is 1. The summed E-state index contributed by atoms with van der Waals surface area (Å²) in [5.41, 5.74) is 4.93. The highest BCUT2D eigenvalue weighted by Crippen LogP contribution is 2.21. The quantitative estimate of drug-likeness (QED) is 0.485. The lowest BCUT2D eigenvalue weighted by atomic mass is 10.1. The minimum atomic E-state index is -1.04. The summed E-state index contributed by atoms with van der Waals surface area (Å²) in [5, 5.41) is 22.5. The van der Waals surface area contributed by atoms with E-state index in [1.807, 2.05) is 37.3 Å². The number of hydrogen-bond donors (Lipinski definition) is 3. The monoisotopic (exact) mass is 351 g/mol. The van der Waals surface area contributed by atoms with Gasteiger partial charge in [-0.05, 0) is 31.2 Å². The van der Waals surface area contributed by atoms with Crippen LogP contribution >= 0.6 is 0 Å². The molecule has 0 aliphatic rings. The topological polar surface area (TPSA) is 102 Å². The molecule has 0 aliphatic heterocycles. The van der Waals surface area contributed by atoms with Crippen LogP contribution in [-0.4, -0.2) is 17.3 Å². The number of amides is 1. The summed E-state index contributed by atoms with van der Waals surface area (Å²) in [6.45, 7) is 2.02. The molecule has 2 aromatic carbocycles. The fourth-order valence-corrected chi connectivity index (χ4v) is 2.28. The Hall–Kier alpha value is -3.26. The number of nitrogens with zero attached hydrogens (tertiary/aromatic N) is 1. The molecule has 3 aromatic rings. The van der Waals surface area contributed by atoms with Gasteiger partial charge < -0.3 is 9.62 Å². The molecule has 3 N–H and O–H groups in total. The van der Waals surface area contributed by atoms with E-state index >= 15 is 0 Å². The molecule has 0 bridgehead atoms. The highest BCUT2D eigenvalue weighted by Gasteiger charge is 2.07. The number of rotatable bonds is 5. The van der Waals surface area contributed by atoms with Crippen molar-refractivity contribution in [3.05, 3.63) is 82.8 Å². The van der Waals surface area contributed by atoms with Crippen LogP contribution in [0.25, 0.3) is 11.3 Å². The number of furan rings is 1. The van der Waals surface area contributed by atoms with E-state index in [1.165, 1.54) is 36.0 Å². The molecule has 1 unspecified atom stereocenters. The Morgan fingerprint density at radius 1 is 1.12 bits per heavy atom. The third kappa shape index (κ3) is 4.22. The van der Waals surface area contributed by atoms with Crippen LogP contribution in [0.1, 0.15) is 21.7 Å². The van der Waals surface area contributed by atoms with Gasteiger partial charge in [-0.1, -0.05) is 29.8 Å². The van der Waals surface area contributed by atoms with E-state index in [4.69, 9.17) is 9.62 Å². The molecular weight excluding hydrogens is 334 g/mol. The number of hydrogen-bond acceptors (Lipinski definition) is 5. The summed E-state index contributed by atoms with van der Waals surface area (Å²) < 4.78 is 5.67. The van der Waals surface area contributed by atoms with Gasteiger partial charge in [0.15, 0.2) is 5.69 Å². The molecule has 1 amide bonds. The minimum Gasteiger partial charge on any atom is -0.595 e. The van der Waals surface area contributed by atoms with Gasteiger partial charge in [-0.2, -0.15) is 10.3 Å². The van der Waals surface area contributed by atoms with Gasteiger partial charge in [0, 0.05) is 23.3 Å². The van der Waals surface area contributed by atoms with Gasteiger partial charge in [0.05, 0.1) is 6.21 Å². The van der Waals surface area contributed by atoms with Gasteiger partial charge in [-0.25, -0.2) is 10.6 Å². The molecule has 26 heavy (non-hydrogen) atoms. The Balaban J connectivity index is 1.61. The Morgan fingerprint density at radius 3 is 2.46 bits per heavy atom. The molecule has 0 saturated carbocycles. The fourth-order valence-electron chi connectivity index (χ4n) is 2.28. The minimum absolute atomic E-state index is 0.115. The van der Waals surface area contributed by atoms with Crippen LogP contribution in [0, 0.1) is 12.1 Å². The number of carbonyl (C=O) groups is 1. The molecule has 0 radical (unpaired) electrons. The maximum atomic E-state index is 12.0. The summed E-state index contributed by atoms with van der Waals surface area (Å²) in [4.78, 5) is 12.0. The molecule has 7 nitrogen and oxygen atoms in total. The molecule has 0 fully saturated rings. The lowest BCUT2D eigenvalue weighted by molar-refractivity contribution is -0.991. The largest absolute Gasteiger partial charge is 0.595 e. The van der Waals surface area contributed by atoms with Crippen LogP contribution in [0.15, 0.2) is 70.2 Å². The van der Waals surface area contributed by atoms with Crippen molar-refractivity contribution in [2.75, 3.05) is 0 Å². The van der Waals surface area contributed by atoms with E-state index in [2.05, 4.69) is 10.5 Å². The Kier molecular flexibility index (Phi) is 5.23. The molecular formula is C19H17N3O4. The van der Waals surface area contributed by atoms with E-state index in [0.717, 1.165) is 5.56 Å². The van der Waals surface area contributed by atoms with Crippen molar-refractivity contribution in [3.63, 3.8) is 0 Å². The van der Waals surface area contributed by atoms with Crippen molar-refractivity contribution in [2.24, 2.45) is 5.10 Å². The second-order valence-electron chi connectivity index (χ2n) is 5.65. The van der Waals surface area contributed by atoms with Crippen LogP contribution in [0.3, 0.4) is 0 Å². The summed E-state index contributed by atoms with van der Waals surface area (Å²) in [6.07, 6.45) is 1.40. The van der Waals surface area contributed by atoms with E-state index in [1.54, 1.807) is 6.07 Å². The van der Waals surface area contributed by atoms with Crippen molar-refractivity contribution in [3.8, 4) is 11.3 Å². The van der Waals surface area contributed by atoms with E-state index < -0.39 is 11.1 Å². The predicted molar refractivity (Wildman–Crippen MR) is 96.2 cm³/mol. The fraction of sp³-hybridized carbons (Fsp3) is 0.0526. The third-order valence-corrected chi connectivity index (χ3v) is 3.71. The maximum Gasteiger partial charge on any atom is 0.271 e. The van der Waals surface area contributed by atoms with E-state index in [-0.39, 0.29) is 5.69 Å². The van der Waals surface area contributed by atoms with E-state index in [9.17, 15) is 10.0 Å². The van der Waals surface area contributed by atoms with Gasteiger partial charge in [-0.15, -0.1) is 0 Å². The highest BCUT2D eigenvalue weighted by molar-refractivity contribution is 5.94. The molecule has 1 heterocycles. The van der Waals surface area contributed by atoms with Crippen molar-refractivity contribution >= 4 is 17.8 Å². The van der Waals surface area contributed by atoms with Gasteiger partial charge >= 0.3 is 0 Å². The van der Waals surface area contributed by atoms with Crippen LogP contribution in [-0.2, 0) is 0 Å². The smallest absolute Gasteiger partial charge is 0.271 e. The lowest BCUT2D eigenvalue weighted by Crippen LogP contribution is -2.99. The molecule has 3 rings (SSSR count). The van der Waals surface area contributed by atoms with Crippen molar-refractivity contribution in [1.82, 2.24) is 5.43 Å². The molecule has 7 heteroatoms. The first-order chi connectivity index (χ1) is 12.5. The van der Waals surface area contributed by atoms with Gasteiger partial charge in [0.1, 0.15) is 11.5 Å². The SMILES string of the molecule is Cc1ccc(-c2ccc(C=NNC(=O)c3ccc([NH+]([O-])O)cc3)o2)cc1. The maximum absolute atomic E-state index is 12.0. The zero-order valence-corrected chi connectivity index (χ0v) is 14.0. The zero-order chi connectivity index (χ0) is 18.5. The Morgan fingerprint density at radius 2 is 1.81 bits per heavy atom. The van der Waals surface area contributed by atoms with E-state index in [0.29, 0.717) is 17.1 Å². The Bertz CT molecular complexity index is 913. The van der Waals surface area contributed by atoms with Crippen LogP contribution in [0.2, 0.25) is 0 Å². The summed E-state index contributed by atoms with van der Waals surface area (Å²) in [6, 6.07) is 17.1. The zero-order valence-electron chi connectivity index (χ0n) is 14.0. The number of quaternary nitrogens is 1. The van der Waals surface area contributed by atoms with Crippen molar-refractivity contribution < 1.29 is 19.6 Å². The normalized spacial score (nSPS) is 12.3. The predicted octanol–water partition coefficient (Wildman–Crippen LogP) is 2.42. The number of hydrazone groups is 1. The average molecular weight is 351 g/mol. The van der Waals surface area contributed by atoms with Crippen LogP contribution in [0.4, 0.5) is 5.69 Å². The Labute approximate surface area is 149 Å². The first-order valence-corrected chi connectivity index (χ1v) is 7.86. The second kappa shape index (κ2) is 7.75. The first kappa shape index (κ1) is 17.6. The van der Waals surface area contributed by atoms with Crippen molar-refractivity contribution in [2.45, 2.75) is 6.92 Å². The number of carbonyl (C=O) groups excluding carboxylic acids is 1. The lowest BCUT2D eigenvalue weighted by Gasteiger charge is -2.11. The molecule has 132 valence electrons. The number of benzene rings is 2. The summed E-state index contributed by atoms with van der Waals surface area (Å²) in [5.74, 6) is 0.771. The molecule has 0 saturated heterocycles. The molecule has 0 aliphatic carbocycles. The van der Waals surface area contributed by atoms with Gasteiger partial charge in [0.25, 0.3) is 5.91 Å². The van der Waals surface area contributed by atoms with Crippen LogP contribution < -0.4 is 10.7 Å². The molecule has 1 aromatic heterocycles. The standard InChI is InChI=1S/C19H17N3O4/c1-13-2-4-14(5-3-13)18-11-10-17(26-18)12-20-21-19(23)15-6-8-16(9-7-15)22(24)25/h2-12,22,24H,1H3,(H,21,23). The summed E-state index contributed by atoms with van der Waals surface area (Å²) >= 11 is 0.